The van der Waals surface area contributed by atoms with Crippen molar-refractivity contribution in [3.8, 4) is 5.75 Å². The number of nitrogens with zero attached hydrogens (tertiary/aromatic N) is 2. The third kappa shape index (κ3) is 6.32. The van der Waals surface area contributed by atoms with Gasteiger partial charge in [0.25, 0.3) is 11.8 Å². The third-order valence-electron chi connectivity index (χ3n) is 6.71. The number of H-pyrrole nitrogens is 1. The van der Waals surface area contributed by atoms with Crippen LogP contribution in [-0.2, 0) is 23.9 Å². The van der Waals surface area contributed by atoms with Gasteiger partial charge in [-0.3, -0.25) is 33.9 Å². The van der Waals surface area contributed by atoms with Crippen LogP contribution in [0.5, 0.6) is 5.75 Å². The van der Waals surface area contributed by atoms with Crippen LogP contribution in [0.4, 0.5) is 0 Å². The zero-order chi connectivity index (χ0) is 31.0. The molecule has 3 aromatic rings. The number of aromatic hydroxyl groups is 1. The first-order chi connectivity index (χ1) is 20.5. The number of nitrogens with one attached hydrogen (secondary N) is 3. The summed E-state index contributed by atoms with van der Waals surface area (Å²) in [6.45, 7) is 0.806. The Morgan fingerprint density at radius 2 is 2.02 bits per heavy atom. The van der Waals surface area contributed by atoms with Crippen molar-refractivity contribution in [1.82, 2.24) is 25.5 Å². The molecule has 5 rings (SSSR count). The van der Waals surface area contributed by atoms with E-state index in [1.165, 1.54) is 30.6 Å². The molecule has 1 fully saturated rings. The van der Waals surface area contributed by atoms with Crippen molar-refractivity contribution >= 4 is 64.1 Å². The zero-order valence-corrected chi connectivity index (χ0v) is 26.7. The molecule has 14 nitrogen and oxygen atoms in total. The van der Waals surface area contributed by atoms with Crippen molar-refractivity contribution in [3.63, 3.8) is 0 Å². The molecular weight excluding hydrogens is 629 g/mol. The van der Waals surface area contributed by atoms with Gasteiger partial charge in [0.15, 0.2) is 0 Å². The fourth-order valence-electron chi connectivity index (χ4n) is 4.63. The van der Waals surface area contributed by atoms with E-state index in [4.69, 9.17) is 16.3 Å². The summed E-state index contributed by atoms with van der Waals surface area (Å²) in [4.78, 5) is 83.7. The number of carbonyl (C=O) groups is 5. The van der Waals surface area contributed by atoms with E-state index >= 15 is 0 Å². The summed E-state index contributed by atoms with van der Waals surface area (Å²) in [5.41, 5.74) is -0.807. The molecule has 1 saturated heterocycles. The van der Waals surface area contributed by atoms with E-state index in [1.807, 2.05) is 0 Å². The predicted molar refractivity (Wildman–Crippen MR) is 149 cm³/mol. The van der Waals surface area contributed by atoms with Crippen LogP contribution in [0.1, 0.15) is 28.9 Å². The van der Waals surface area contributed by atoms with Crippen molar-refractivity contribution in [2.75, 3.05) is 12.4 Å². The standard InChI is InChI=1S/C27H22ClN5O9S.Na/c1-11(34)42-9-13-10-43-26-20(25(39)33(26)21(13)27(40)41)32-24(38)18(12-4-5-17(35)15(28)7-12)31-23(37)14-8-30-16-3-2-6-29-19(16)22(14)36;/h2-8,18,20,26,35H,9-10H2,1H3,(H,30,36)(H,31,37)(H,32,38)(H,40,41);/q;+1/p-1/t18?,20-,26-;/m1./s1. The third-order valence-corrected chi connectivity index (χ3v) is 8.36. The van der Waals surface area contributed by atoms with Crippen LogP contribution in [0.2, 0.25) is 5.02 Å². The van der Waals surface area contributed by atoms with Crippen LogP contribution in [0.25, 0.3) is 11.0 Å². The smallest absolute Gasteiger partial charge is 0.543 e. The van der Waals surface area contributed by atoms with Crippen LogP contribution >= 0.6 is 23.4 Å². The number of amides is 3. The molecule has 0 radical (unpaired) electrons. The number of phenols is 1. The minimum absolute atomic E-state index is 0. The predicted octanol–water partition coefficient (Wildman–Crippen LogP) is -3.28. The maximum Gasteiger partial charge on any atom is 1.00 e. The first kappa shape index (κ1) is 33.0. The number of thioether (sulfide) groups is 1. The van der Waals surface area contributed by atoms with E-state index in [2.05, 4.69) is 20.6 Å². The van der Waals surface area contributed by atoms with Crippen LogP contribution in [-0.4, -0.2) is 73.4 Å². The van der Waals surface area contributed by atoms with Crippen molar-refractivity contribution in [2.24, 2.45) is 0 Å². The van der Waals surface area contributed by atoms with Crippen LogP contribution < -0.4 is 50.7 Å². The summed E-state index contributed by atoms with van der Waals surface area (Å²) in [7, 11) is 0. The SMILES string of the molecule is CC(=O)OCC1=C(C(=O)[O-])N2C(=O)[C@@H](NC(=O)C(NC(=O)c3c[nH]c4cccnc4c3=O)c3ccc(O)c(Cl)c3)[C@H]2SC1.[Na+]. The van der Waals surface area contributed by atoms with Crippen molar-refractivity contribution in [1.29, 1.82) is 0 Å². The van der Waals surface area contributed by atoms with E-state index < -0.39 is 58.2 Å². The van der Waals surface area contributed by atoms with Gasteiger partial charge in [-0.2, -0.15) is 0 Å². The van der Waals surface area contributed by atoms with Gasteiger partial charge < -0.3 is 35.4 Å². The number of hydrogen-bond acceptors (Lipinski definition) is 11. The Morgan fingerprint density at radius 1 is 1.27 bits per heavy atom. The molecule has 44 heavy (non-hydrogen) atoms. The number of ether oxygens (including phenoxy) is 1. The maximum atomic E-state index is 13.6. The number of aromatic amines is 1. The molecule has 2 aliphatic rings. The summed E-state index contributed by atoms with van der Waals surface area (Å²) in [5, 5.41) is 25.8. The van der Waals surface area contributed by atoms with Gasteiger partial charge in [0.2, 0.25) is 11.3 Å². The summed E-state index contributed by atoms with van der Waals surface area (Å²) >= 11 is 7.18. The number of hydrogen-bond donors (Lipinski definition) is 4. The quantitative estimate of drug-likeness (QED) is 0.108. The molecule has 0 saturated carbocycles. The van der Waals surface area contributed by atoms with Gasteiger partial charge >= 0.3 is 35.5 Å². The molecule has 3 atom stereocenters. The molecule has 4 N–H and O–H groups in total. The van der Waals surface area contributed by atoms with Gasteiger partial charge in [-0.05, 0) is 29.8 Å². The monoisotopic (exact) mass is 649 g/mol. The Hall–Kier alpha value is -3.89. The summed E-state index contributed by atoms with van der Waals surface area (Å²) < 4.78 is 4.89. The van der Waals surface area contributed by atoms with Crippen LogP contribution in [0, 0.1) is 0 Å². The number of carboxylic acids is 1. The van der Waals surface area contributed by atoms with E-state index in [9.17, 15) is 39.0 Å². The first-order valence-electron chi connectivity index (χ1n) is 12.6. The second kappa shape index (κ2) is 13.4. The Morgan fingerprint density at radius 3 is 2.70 bits per heavy atom. The first-order valence-corrected chi connectivity index (χ1v) is 14.0. The normalized spacial score (nSPS) is 18.0. The van der Waals surface area contributed by atoms with E-state index in [0.717, 1.165) is 23.6 Å². The number of carboxylic acid groups (broad SMARTS) is 1. The minimum Gasteiger partial charge on any atom is -0.543 e. The van der Waals surface area contributed by atoms with Gasteiger partial charge in [0.1, 0.15) is 40.9 Å². The van der Waals surface area contributed by atoms with Crippen LogP contribution in [0.15, 0.2) is 58.8 Å². The Bertz CT molecular complexity index is 1800. The second-order valence-electron chi connectivity index (χ2n) is 9.46. The summed E-state index contributed by atoms with van der Waals surface area (Å²) in [6.07, 6.45) is 2.56. The average Bonchev–Trinajstić information content (AvgIpc) is 2.98. The fraction of sp³-hybridized carbons (Fsp3) is 0.222. The summed E-state index contributed by atoms with van der Waals surface area (Å²) in [5.74, 6) is -5.09. The van der Waals surface area contributed by atoms with Gasteiger partial charge in [-0.1, -0.05) is 17.7 Å². The number of fused-ring (bicyclic) bond motifs is 2. The Labute approximate surface area is 279 Å². The van der Waals surface area contributed by atoms with Gasteiger partial charge in [0, 0.05) is 30.6 Å². The van der Waals surface area contributed by atoms with Crippen LogP contribution in [0.3, 0.4) is 0 Å². The fourth-order valence-corrected chi connectivity index (χ4v) is 6.15. The molecule has 4 heterocycles. The molecule has 222 valence electrons. The molecule has 2 aliphatic heterocycles. The average molecular weight is 650 g/mol. The number of esters is 1. The zero-order valence-electron chi connectivity index (χ0n) is 23.1. The number of carbonyl (C=O) groups excluding carboxylic acids is 5. The molecule has 0 bridgehead atoms. The Balaban J connectivity index is 0.00000442. The van der Waals surface area contributed by atoms with Gasteiger partial charge in [0.05, 0.1) is 22.2 Å². The number of β-lactam (4-membered cyclic amide) rings is 1. The molecule has 17 heteroatoms. The summed E-state index contributed by atoms with van der Waals surface area (Å²) in [6, 6.07) is 4.26. The second-order valence-corrected chi connectivity index (χ2v) is 11.0. The van der Waals surface area contributed by atoms with Gasteiger partial charge in [-0.25, -0.2) is 0 Å². The topological polar surface area (TPSA) is 211 Å². The molecule has 2 aromatic heterocycles. The van der Waals surface area contributed by atoms with E-state index in [-0.39, 0.29) is 74.9 Å². The Kier molecular flexibility index (Phi) is 10.1. The number of phenolic OH excluding ortho intramolecular Hbond substituents is 1. The number of pyridine rings is 2. The van der Waals surface area contributed by atoms with E-state index in [0.29, 0.717) is 5.52 Å². The molecular formula is C27H21ClN5NaO9S. The number of benzene rings is 1. The largest absolute Gasteiger partial charge is 1.00 e. The maximum absolute atomic E-state index is 13.6. The van der Waals surface area contributed by atoms with Crippen molar-refractivity contribution in [2.45, 2.75) is 24.4 Å². The van der Waals surface area contributed by atoms with Crippen molar-refractivity contribution in [3.05, 3.63) is 80.4 Å². The molecule has 0 spiro atoms. The number of aliphatic carboxylic acids is 1. The van der Waals surface area contributed by atoms with E-state index in [1.54, 1.807) is 12.1 Å². The number of halogens is 1. The molecule has 1 aromatic carbocycles. The number of rotatable bonds is 8. The van der Waals surface area contributed by atoms with Crippen molar-refractivity contribution < 1.29 is 68.5 Å². The molecule has 0 aliphatic carbocycles. The van der Waals surface area contributed by atoms with Gasteiger partial charge in [-0.15, -0.1) is 11.8 Å². The minimum atomic E-state index is -1.65. The molecule has 3 amide bonds. The number of aromatic nitrogens is 2. The molecule has 1 unspecified atom stereocenters.